The van der Waals surface area contributed by atoms with E-state index >= 15 is 0 Å². The minimum Gasteiger partial charge on any atom is -0.456 e. The molecular formula is C15H17NO2S. The first-order chi connectivity index (χ1) is 9.22. The predicted octanol–water partition coefficient (Wildman–Crippen LogP) is 4.04. The lowest BCUT2D eigenvalue weighted by Gasteiger charge is -2.09. The van der Waals surface area contributed by atoms with Gasteiger partial charge in [0.1, 0.15) is 11.5 Å². The van der Waals surface area contributed by atoms with Gasteiger partial charge in [0.15, 0.2) is 0 Å². The molecule has 1 N–H and O–H groups in total. The number of hydrogen-bond donors (Lipinski definition) is 1. The van der Waals surface area contributed by atoms with Crippen molar-refractivity contribution >= 4 is 11.8 Å². The summed E-state index contributed by atoms with van der Waals surface area (Å²) >= 11 is 1.70. The average Bonchev–Trinajstić information content (AvgIpc) is 2.48. The van der Waals surface area contributed by atoms with Crippen molar-refractivity contribution in [1.82, 2.24) is 4.98 Å². The summed E-state index contributed by atoms with van der Waals surface area (Å²) in [4.78, 5) is 5.40. The second-order valence-electron chi connectivity index (χ2n) is 4.12. The molecule has 0 aliphatic carbocycles. The van der Waals surface area contributed by atoms with Crippen molar-refractivity contribution in [3.63, 3.8) is 0 Å². The van der Waals surface area contributed by atoms with Gasteiger partial charge in [-0.2, -0.15) is 0 Å². The molecule has 0 aliphatic heterocycles. The van der Waals surface area contributed by atoms with Crippen molar-refractivity contribution < 1.29 is 9.84 Å². The largest absolute Gasteiger partial charge is 0.456 e. The third kappa shape index (κ3) is 3.72. The molecule has 2 aromatic rings. The summed E-state index contributed by atoms with van der Waals surface area (Å²) < 4.78 is 5.69. The predicted molar refractivity (Wildman–Crippen MR) is 77.8 cm³/mol. The molecule has 0 spiro atoms. The molecule has 1 heterocycles. The molecule has 0 radical (unpaired) electrons. The van der Waals surface area contributed by atoms with Gasteiger partial charge in [-0.25, -0.2) is 0 Å². The first kappa shape index (κ1) is 13.9. The van der Waals surface area contributed by atoms with Gasteiger partial charge < -0.3 is 9.84 Å². The smallest absolute Gasteiger partial charge is 0.145 e. The number of rotatable bonds is 5. The summed E-state index contributed by atoms with van der Waals surface area (Å²) in [6.45, 7) is 1.92. The summed E-state index contributed by atoms with van der Waals surface area (Å²) in [5.74, 6) is 1.45. The summed E-state index contributed by atoms with van der Waals surface area (Å²) in [5, 5.41) is 9.66. The van der Waals surface area contributed by atoms with E-state index in [1.54, 1.807) is 24.0 Å². The molecule has 4 heteroatoms. The van der Waals surface area contributed by atoms with Crippen LogP contribution in [-0.4, -0.2) is 16.3 Å². The van der Waals surface area contributed by atoms with Crippen LogP contribution in [0.1, 0.15) is 25.1 Å². The van der Waals surface area contributed by atoms with Gasteiger partial charge in [-0.1, -0.05) is 6.92 Å². The molecule has 1 aromatic heterocycles. The van der Waals surface area contributed by atoms with E-state index in [0.717, 1.165) is 5.75 Å². The van der Waals surface area contributed by atoms with Crippen LogP contribution in [0.5, 0.6) is 11.5 Å². The zero-order valence-electron chi connectivity index (χ0n) is 11.0. The highest BCUT2D eigenvalue weighted by Gasteiger charge is 2.06. The van der Waals surface area contributed by atoms with E-state index in [2.05, 4.69) is 4.98 Å². The molecule has 3 nitrogen and oxygen atoms in total. The lowest BCUT2D eigenvalue weighted by atomic mass is 10.2. The molecule has 19 heavy (non-hydrogen) atoms. The first-order valence-corrected chi connectivity index (χ1v) is 7.41. The quantitative estimate of drug-likeness (QED) is 0.836. The van der Waals surface area contributed by atoms with E-state index in [9.17, 15) is 5.11 Å². The maximum atomic E-state index is 9.66. The summed E-state index contributed by atoms with van der Waals surface area (Å²) in [5.41, 5.74) is 0.674. The number of thioether (sulfide) groups is 1. The Labute approximate surface area is 117 Å². The Morgan fingerprint density at radius 3 is 2.37 bits per heavy atom. The number of aliphatic hydroxyl groups excluding tert-OH is 1. The number of hydrogen-bond acceptors (Lipinski definition) is 4. The van der Waals surface area contributed by atoms with E-state index in [1.807, 2.05) is 43.5 Å². The average molecular weight is 275 g/mol. The van der Waals surface area contributed by atoms with Crippen molar-refractivity contribution in [3.8, 4) is 11.5 Å². The van der Waals surface area contributed by atoms with E-state index in [0.29, 0.717) is 17.9 Å². The molecule has 1 aromatic carbocycles. The summed E-state index contributed by atoms with van der Waals surface area (Å²) in [6, 6.07) is 11.5. The zero-order valence-corrected chi connectivity index (χ0v) is 11.9. The van der Waals surface area contributed by atoms with Crippen molar-refractivity contribution in [3.05, 3.63) is 48.3 Å². The first-order valence-electron chi connectivity index (χ1n) is 6.19. The SMILES string of the molecule is CCC(O)c1ccc(Oc2ccc(SC)cc2)cn1. The summed E-state index contributed by atoms with van der Waals surface area (Å²) in [7, 11) is 0. The molecule has 1 unspecified atom stereocenters. The molecule has 0 amide bonds. The van der Waals surface area contributed by atoms with Crippen LogP contribution in [0, 0.1) is 0 Å². The lowest BCUT2D eigenvalue weighted by Crippen LogP contribution is -1.98. The van der Waals surface area contributed by atoms with E-state index in [-0.39, 0.29) is 0 Å². The number of aromatic nitrogens is 1. The normalized spacial score (nSPS) is 12.2. The molecule has 2 rings (SSSR count). The summed E-state index contributed by atoms with van der Waals surface area (Å²) in [6.07, 6.45) is 3.83. The topological polar surface area (TPSA) is 42.4 Å². The molecule has 0 saturated carbocycles. The van der Waals surface area contributed by atoms with Gasteiger partial charge in [-0.15, -0.1) is 11.8 Å². The van der Waals surface area contributed by atoms with Gasteiger partial charge in [0.25, 0.3) is 0 Å². The Balaban J connectivity index is 2.06. The Kier molecular flexibility index (Phi) is 4.82. The van der Waals surface area contributed by atoms with Crippen molar-refractivity contribution in [2.24, 2.45) is 0 Å². The van der Waals surface area contributed by atoms with Crippen LogP contribution in [0.3, 0.4) is 0 Å². The molecule has 1 atom stereocenters. The molecule has 0 fully saturated rings. The minimum absolute atomic E-state index is 0.505. The third-order valence-electron chi connectivity index (χ3n) is 2.78. The Bertz CT molecular complexity index is 511. The Hall–Kier alpha value is -1.52. The minimum atomic E-state index is -0.505. The fourth-order valence-corrected chi connectivity index (χ4v) is 2.05. The molecule has 0 aliphatic rings. The maximum Gasteiger partial charge on any atom is 0.145 e. The van der Waals surface area contributed by atoms with Crippen LogP contribution < -0.4 is 4.74 Å². The lowest BCUT2D eigenvalue weighted by molar-refractivity contribution is 0.169. The monoisotopic (exact) mass is 275 g/mol. The zero-order chi connectivity index (χ0) is 13.7. The number of ether oxygens (including phenoxy) is 1. The number of pyridine rings is 1. The highest BCUT2D eigenvalue weighted by molar-refractivity contribution is 7.98. The molecule has 0 saturated heterocycles. The fourth-order valence-electron chi connectivity index (χ4n) is 1.64. The number of aliphatic hydroxyl groups is 1. The second-order valence-corrected chi connectivity index (χ2v) is 5.00. The van der Waals surface area contributed by atoms with Crippen molar-refractivity contribution in [1.29, 1.82) is 0 Å². The van der Waals surface area contributed by atoms with E-state index in [1.165, 1.54) is 4.90 Å². The van der Waals surface area contributed by atoms with Crippen LogP contribution >= 0.6 is 11.8 Å². The fraction of sp³-hybridized carbons (Fsp3) is 0.267. The van der Waals surface area contributed by atoms with Crippen LogP contribution in [0.15, 0.2) is 47.5 Å². The van der Waals surface area contributed by atoms with Gasteiger partial charge in [0, 0.05) is 4.90 Å². The van der Waals surface area contributed by atoms with Crippen LogP contribution in [0.4, 0.5) is 0 Å². The van der Waals surface area contributed by atoms with Crippen LogP contribution in [-0.2, 0) is 0 Å². The highest BCUT2D eigenvalue weighted by Crippen LogP contribution is 2.24. The van der Waals surface area contributed by atoms with Gasteiger partial charge in [-0.3, -0.25) is 4.98 Å². The van der Waals surface area contributed by atoms with Gasteiger partial charge in [-0.05, 0) is 49.1 Å². The van der Waals surface area contributed by atoms with Gasteiger partial charge in [0.05, 0.1) is 18.0 Å². The van der Waals surface area contributed by atoms with Crippen LogP contribution in [0.2, 0.25) is 0 Å². The standard InChI is InChI=1S/C15H17NO2S/c1-3-15(17)14-9-6-12(10-16-14)18-11-4-7-13(19-2)8-5-11/h4-10,15,17H,3H2,1-2H3. The molecular weight excluding hydrogens is 258 g/mol. The molecule has 0 bridgehead atoms. The van der Waals surface area contributed by atoms with Crippen molar-refractivity contribution in [2.75, 3.05) is 6.26 Å². The van der Waals surface area contributed by atoms with E-state index < -0.39 is 6.10 Å². The van der Waals surface area contributed by atoms with Crippen molar-refractivity contribution in [2.45, 2.75) is 24.3 Å². The maximum absolute atomic E-state index is 9.66. The van der Waals surface area contributed by atoms with Crippen LogP contribution in [0.25, 0.3) is 0 Å². The van der Waals surface area contributed by atoms with E-state index in [4.69, 9.17) is 4.74 Å². The third-order valence-corrected chi connectivity index (χ3v) is 3.53. The highest BCUT2D eigenvalue weighted by atomic mass is 32.2. The number of benzene rings is 1. The Morgan fingerprint density at radius 2 is 1.84 bits per heavy atom. The molecule has 100 valence electrons. The van der Waals surface area contributed by atoms with Gasteiger partial charge in [0.2, 0.25) is 0 Å². The second kappa shape index (κ2) is 6.59. The number of nitrogens with zero attached hydrogens (tertiary/aromatic N) is 1. The Morgan fingerprint density at radius 1 is 1.16 bits per heavy atom. The van der Waals surface area contributed by atoms with Gasteiger partial charge >= 0.3 is 0 Å².